The van der Waals surface area contributed by atoms with Crippen molar-refractivity contribution < 1.29 is 18.7 Å². The van der Waals surface area contributed by atoms with E-state index in [9.17, 15) is 14.4 Å². The van der Waals surface area contributed by atoms with Gasteiger partial charge in [-0.2, -0.15) is 0 Å². The topological polar surface area (TPSA) is 118 Å². The molecule has 0 saturated carbocycles. The Bertz CT molecular complexity index is 1450. The van der Waals surface area contributed by atoms with Gasteiger partial charge in [0.1, 0.15) is 5.82 Å². The average Bonchev–Trinajstić information content (AvgIpc) is 3.59. The van der Waals surface area contributed by atoms with Gasteiger partial charge in [0, 0.05) is 24.4 Å². The van der Waals surface area contributed by atoms with Crippen LogP contribution in [-0.4, -0.2) is 45.9 Å². The first-order valence-electron chi connectivity index (χ1n) is 11.8. The molecule has 1 fully saturated rings. The van der Waals surface area contributed by atoms with Crippen molar-refractivity contribution >= 4 is 28.4 Å². The Hall–Kier alpha value is -4.24. The summed E-state index contributed by atoms with van der Waals surface area (Å²) >= 11 is 0. The molecule has 4 aromatic rings. The summed E-state index contributed by atoms with van der Waals surface area (Å²) in [6.07, 6.45) is 3.12. The monoisotopic (exact) mass is 486 g/mol. The number of H-pyrrole nitrogens is 1. The first-order chi connectivity index (χ1) is 17.5. The van der Waals surface area contributed by atoms with Gasteiger partial charge >= 0.3 is 0 Å². The van der Waals surface area contributed by atoms with Crippen LogP contribution in [0.1, 0.15) is 45.1 Å². The highest BCUT2D eigenvalue weighted by Crippen LogP contribution is 2.22. The standard InChI is InChI=1S/C27H26N4O5/c1-17-10-11-18(14-22(17)29-26(33)23-9-5-13-36-23)27(34)31(15-19-6-4-12-35-19)16-24-28-21-8-3-2-7-20(21)25(32)30-24/h2-3,5,7-11,13-14,19H,4,6,12,15-16H2,1H3,(H,29,33)(H,28,30,32). The van der Waals surface area contributed by atoms with E-state index in [0.717, 1.165) is 18.4 Å². The van der Waals surface area contributed by atoms with E-state index < -0.39 is 5.91 Å². The van der Waals surface area contributed by atoms with Crippen molar-refractivity contribution in [3.63, 3.8) is 0 Å². The van der Waals surface area contributed by atoms with Crippen molar-refractivity contribution in [1.29, 1.82) is 0 Å². The van der Waals surface area contributed by atoms with Crippen LogP contribution in [0.5, 0.6) is 0 Å². The van der Waals surface area contributed by atoms with Crippen LogP contribution < -0.4 is 10.9 Å². The molecule has 2 N–H and O–H groups in total. The second kappa shape index (κ2) is 10.2. The minimum atomic E-state index is -0.401. The number of aromatic nitrogens is 2. The maximum absolute atomic E-state index is 13.7. The Labute approximate surface area is 207 Å². The number of aryl methyl sites for hydroxylation is 1. The maximum Gasteiger partial charge on any atom is 0.291 e. The summed E-state index contributed by atoms with van der Waals surface area (Å²) in [5, 5.41) is 3.30. The second-order valence-corrected chi connectivity index (χ2v) is 8.81. The van der Waals surface area contributed by atoms with Gasteiger partial charge in [-0.15, -0.1) is 0 Å². The van der Waals surface area contributed by atoms with Crippen molar-refractivity contribution in [2.24, 2.45) is 0 Å². The molecule has 1 aliphatic rings. The fourth-order valence-corrected chi connectivity index (χ4v) is 4.31. The molecule has 1 unspecified atom stereocenters. The Morgan fingerprint density at radius 1 is 1.17 bits per heavy atom. The maximum atomic E-state index is 13.7. The van der Waals surface area contributed by atoms with Gasteiger partial charge in [0.2, 0.25) is 0 Å². The molecule has 36 heavy (non-hydrogen) atoms. The van der Waals surface area contributed by atoms with Crippen LogP contribution in [0.15, 0.2) is 70.1 Å². The van der Waals surface area contributed by atoms with Gasteiger partial charge in [-0.3, -0.25) is 14.4 Å². The zero-order valence-electron chi connectivity index (χ0n) is 19.8. The molecule has 2 aromatic heterocycles. The highest BCUT2D eigenvalue weighted by molar-refractivity contribution is 6.04. The Kier molecular flexibility index (Phi) is 6.64. The normalized spacial score (nSPS) is 15.2. The predicted molar refractivity (Wildman–Crippen MR) is 134 cm³/mol. The molecule has 1 atom stereocenters. The summed E-state index contributed by atoms with van der Waals surface area (Å²) in [4.78, 5) is 47.8. The molecule has 2 amide bonds. The number of benzene rings is 2. The molecule has 0 bridgehead atoms. The quantitative estimate of drug-likeness (QED) is 0.409. The number of aromatic amines is 1. The third kappa shape index (κ3) is 5.06. The number of nitrogens with one attached hydrogen (secondary N) is 2. The van der Waals surface area contributed by atoms with E-state index in [1.807, 2.05) is 13.0 Å². The SMILES string of the molecule is Cc1ccc(C(=O)N(Cc2nc3ccccc3c(=O)[nH]2)CC2CCCO2)cc1NC(=O)c1ccco1. The number of hydrogen-bond donors (Lipinski definition) is 2. The number of hydrogen-bond acceptors (Lipinski definition) is 6. The van der Waals surface area contributed by atoms with Crippen molar-refractivity contribution in [3.05, 3.63) is 93.9 Å². The van der Waals surface area contributed by atoms with Crippen molar-refractivity contribution in [2.45, 2.75) is 32.4 Å². The van der Waals surface area contributed by atoms with E-state index in [0.29, 0.717) is 41.1 Å². The van der Waals surface area contributed by atoms with E-state index in [4.69, 9.17) is 9.15 Å². The Balaban J connectivity index is 1.43. The number of rotatable bonds is 7. The number of anilines is 1. The minimum Gasteiger partial charge on any atom is -0.459 e. The van der Waals surface area contributed by atoms with Crippen molar-refractivity contribution in [1.82, 2.24) is 14.9 Å². The van der Waals surface area contributed by atoms with E-state index in [-0.39, 0.29) is 29.9 Å². The number of fused-ring (bicyclic) bond motifs is 1. The lowest BCUT2D eigenvalue weighted by Gasteiger charge is -2.25. The van der Waals surface area contributed by atoms with Gasteiger partial charge in [-0.1, -0.05) is 18.2 Å². The minimum absolute atomic E-state index is 0.0929. The molecular weight excluding hydrogens is 460 g/mol. The molecular formula is C27H26N4O5. The third-order valence-corrected chi connectivity index (χ3v) is 6.22. The number of furan rings is 1. The first-order valence-corrected chi connectivity index (χ1v) is 11.8. The van der Waals surface area contributed by atoms with Gasteiger partial charge < -0.3 is 24.4 Å². The van der Waals surface area contributed by atoms with Gasteiger partial charge in [-0.25, -0.2) is 4.98 Å². The highest BCUT2D eigenvalue weighted by Gasteiger charge is 2.25. The zero-order valence-corrected chi connectivity index (χ0v) is 19.8. The molecule has 184 valence electrons. The molecule has 0 aliphatic carbocycles. The van der Waals surface area contributed by atoms with Gasteiger partial charge in [0.05, 0.1) is 29.8 Å². The van der Waals surface area contributed by atoms with Crippen LogP contribution in [0.25, 0.3) is 10.9 Å². The molecule has 1 aliphatic heterocycles. The van der Waals surface area contributed by atoms with Crippen LogP contribution in [0, 0.1) is 6.92 Å². The third-order valence-electron chi connectivity index (χ3n) is 6.22. The lowest BCUT2D eigenvalue weighted by Crippen LogP contribution is -2.38. The molecule has 2 aromatic carbocycles. The zero-order chi connectivity index (χ0) is 25.1. The summed E-state index contributed by atoms with van der Waals surface area (Å²) < 4.78 is 11.0. The van der Waals surface area contributed by atoms with Crippen LogP contribution in [-0.2, 0) is 11.3 Å². The van der Waals surface area contributed by atoms with Crippen LogP contribution in [0.2, 0.25) is 0 Å². The first kappa shape index (κ1) is 23.5. The molecule has 1 saturated heterocycles. The number of nitrogens with zero attached hydrogens (tertiary/aromatic N) is 2. The van der Waals surface area contributed by atoms with E-state index in [1.54, 1.807) is 53.4 Å². The number of amides is 2. The highest BCUT2D eigenvalue weighted by atomic mass is 16.5. The summed E-state index contributed by atoms with van der Waals surface area (Å²) in [6.45, 7) is 2.98. The predicted octanol–water partition coefficient (Wildman–Crippen LogP) is 3.90. The lowest BCUT2D eigenvalue weighted by molar-refractivity contribution is 0.0501. The van der Waals surface area contributed by atoms with Crippen LogP contribution in [0.3, 0.4) is 0 Å². The summed E-state index contributed by atoms with van der Waals surface area (Å²) in [5.41, 5.74) is 2.03. The number of para-hydroxylation sites is 1. The van der Waals surface area contributed by atoms with Gasteiger partial charge in [-0.05, 0) is 61.7 Å². The fourth-order valence-electron chi connectivity index (χ4n) is 4.31. The van der Waals surface area contributed by atoms with Crippen LogP contribution in [0.4, 0.5) is 5.69 Å². The van der Waals surface area contributed by atoms with E-state index in [1.165, 1.54) is 6.26 Å². The molecule has 5 rings (SSSR count). The molecule has 3 heterocycles. The van der Waals surface area contributed by atoms with Gasteiger partial charge in [0.15, 0.2) is 5.76 Å². The second-order valence-electron chi connectivity index (χ2n) is 8.81. The van der Waals surface area contributed by atoms with E-state index in [2.05, 4.69) is 15.3 Å². The smallest absolute Gasteiger partial charge is 0.291 e. The number of carbonyl (C=O) groups is 2. The molecule has 0 radical (unpaired) electrons. The van der Waals surface area contributed by atoms with Crippen molar-refractivity contribution in [3.8, 4) is 0 Å². The average molecular weight is 487 g/mol. The fraction of sp³-hybridized carbons (Fsp3) is 0.259. The summed E-state index contributed by atoms with van der Waals surface area (Å²) in [6, 6.07) is 15.4. The van der Waals surface area contributed by atoms with Crippen LogP contribution >= 0.6 is 0 Å². The lowest BCUT2D eigenvalue weighted by atomic mass is 10.1. The summed E-state index contributed by atoms with van der Waals surface area (Å²) in [5.74, 6) is -0.0855. The molecule has 9 nitrogen and oxygen atoms in total. The van der Waals surface area contributed by atoms with Crippen molar-refractivity contribution in [2.75, 3.05) is 18.5 Å². The largest absolute Gasteiger partial charge is 0.459 e. The van der Waals surface area contributed by atoms with Gasteiger partial charge in [0.25, 0.3) is 17.4 Å². The number of carbonyl (C=O) groups excluding carboxylic acids is 2. The Morgan fingerprint density at radius 3 is 2.81 bits per heavy atom. The van der Waals surface area contributed by atoms with E-state index >= 15 is 0 Å². The molecule has 9 heteroatoms. The molecule has 0 spiro atoms. The Morgan fingerprint density at radius 2 is 2.03 bits per heavy atom. The summed E-state index contributed by atoms with van der Waals surface area (Å²) in [7, 11) is 0. The number of ether oxygens (including phenoxy) is 1.